The van der Waals surface area contributed by atoms with Gasteiger partial charge in [0.15, 0.2) is 5.96 Å². The van der Waals surface area contributed by atoms with E-state index in [1.165, 1.54) is 36.9 Å². The molecule has 0 amide bonds. The topological polar surface area (TPSA) is 63.5 Å². The van der Waals surface area contributed by atoms with Crippen LogP contribution in [-0.2, 0) is 17.6 Å². The van der Waals surface area contributed by atoms with E-state index >= 15 is 0 Å². The molecule has 1 aliphatic heterocycles. The molecule has 4 aliphatic rings. The molecule has 6 nitrogen and oxygen atoms in total. The van der Waals surface area contributed by atoms with Gasteiger partial charge in [-0.05, 0) is 51.5 Å². The van der Waals surface area contributed by atoms with E-state index in [1.807, 2.05) is 7.05 Å². The van der Waals surface area contributed by atoms with Crippen LogP contribution in [0, 0.1) is 11.3 Å². The predicted molar refractivity (Wildman–Crippen MR) is 106 cm³/mol. The molecule has 3 fully saturated rings. The number of aliphatic imine (C=N–C) groups is 1. The fourth-order valence-electron chi connectivity index (χ4n) is 5.87. The molecule has 148 valence electrons. The molecule has 5 rings (SSSR count). The molecule has 2 saturated carbocycles. The normalized spacial score (nSPS) is 34.0. The van der Waals surface area contributed by atoms with E-state index in [0.717, 1.165) is 31.8 Å². The summed E-state index contributed by atoms with van der Waals surface area (Å²) in [7, 11) is 1.89. The Labute approximate surface area is 162 Å². The van der Waals surface area contributed by atoms with Crippen LogP contribution in [0.25, 0.3) is 0 Å². The molecule has 0 bridgehead atoms. The van der Waals surface area contributed by atoms with Gasteiger partial charge >= 0.3 is 0 Å². The van der Waals surface area contributed by atoms with Gasteiger partial charge in [-0.2, -0.15) is 5.10 Å². The fraction of sp³-hybridized carbons (Fsp3) is 0.810. The SMILES string of the molecule is CN=C(NC1CCc2cn(C(C)C)nc2C1)NC1C2CCOC2C12CCC2. The standard InChI is InChI=1S/C21H33N5O/c1-13(2)26-12-14-5-6-15(11-17(14)25-26)23-20(22-3)24-18-16-7-10-27-19(16)21(18)8-4-9-21/h12-13,15-16,18-19H,4-11H2,1-3H3,(H2,22,23,24). The minimum absolute atomic E-state index is 0.383. The number of hydrogen-bond donors (Lipinski definition) is 2. The summed E-state index contributed by atoms with van der Waals surface area (Å²) in [5.41, 5.74) is 3.06. The third-order valence-corrected chi connectivity index (χ3v) is 7.52. The Kier molecular flexibility index (Phi) is 4.22. The number of fused-ring (bicyclic) bond motifs is 3. The van der Waals surface area contributed by atoms with E-state index in [1.54, 1.807) is 0 Å². The van der Waals surface area contributed by atoms with Crippen molar-refractivity contribution in [2.75, 3.05) is 13.7 Å². The van der Waals surface area contributed by atoms with Crippen LogP contribution < -0.4 is 10.6 Å². The van der Waals surface area contributed by atoms with Crippen molar-refractivity contribution in [1.29, 1.82) is 0 Å². The number of aromatic nitrogens is 2. The zero-order valence-electron chi connectivity index (χ0n) is 16.9. The number of nitrogens with zero attached hydrogens (tertiary/aromatic N) is 3. The van der Waals surface area contributed by atoms with Gasteiger partial charge in [0.25, 0.3) is 0 Å². The molecule has 0 aromatic carbocycles. The Morgan fingerprint density at radius 2 is 2.19 bits per heavy atom. The highest BCUT2D eigenvalue weighted by Crippen LogP contribution is 2.62. The highest BCUT2D eigenvalue weighted by atomic mass is 16.5. The maximum atomic E-state index is 6.05. The first-order chi connectivity index (χ1) is 13.1. The van der Waals surface area contributed by atoms with Gasteiger partial charge in [0, 0.05) is 55.7 Å². The average Bonchev–Trinajstić information content (AvgIpc) is 3.22. The lowest BCUT2D eigenvalue weighted by Crippen LogP contribution is -2.72. The number of aryl methyl sites for hydroxylation is 1. The van der Waals surface area contributed by atoms with Crippen LogP contribution in [0.3, 0.4) is 0 Å². The molecule has 1 saturated heterocycles. The van der Waals surface area contributed by atoms with Crippen molar-refractivity contribution in [3.05, 3.63) is 17.5 Å². The number of ether oxygens (including phenoxy) is 1. The quantitative estimate of drug-likeness (QED) is 0.633. The second-order valence-electron chi connectivity index (χ2n) is 9.28. The lowest BCUT2D eigenvalue weighted by atomic mass is 9.46. The molecule has 2 N–H and O–H groups in total. The molecule has 4 unspecified atom stereocenters. The van der Waals surface area contributed by atoms with Crippen molar-refractivity contribution in [3.8, 4) is 0 Å². The Bertz CT molecular complexity index is 735. The summed E-state index contributed by atoms with van der Waals surface area (Å²) in [6.45, 7) is 5.31. The molecule has 1 aromatic rings. The predicted octanol–water partition coefficient (Wildman–Crippen LogP) is 2.44. The van der Waals surface area contributed by atoms with E-state index in [2.05, 4.69) is 40.4 Å². The summed E-state index contributed by atoms with van der Waals surface area (Å²) in [6, 6.07) is 1.37. The smallest absolute Gasteiger partial charge is 0.191 e. The molecule has 3 aliphatic carbocycles. The van der Waals surface area contributed by atoms with E-state index in [4.69, 9.17) is 9.84 Å². The van der Waals surface area contributed by atoms with Crippen LogP contribution in [-0.4, -0.2) is 47.6 Å². The zero-order chi connectivity index (χ0) is 18.6. The van der Waals surface area contributed by atoms with Gasteiger partial charge in [0.2, 0.25) is 0 Å². The Morgan fingerprint density at radius 1 is 1.33 bits per heavy atom. The van der Waals surface area contributed by atoms with Gasteiger partial charge in [-0.25, -0.2) is 0 Å². The van der Waals surface area contributed by atoms with Crippen molar-refractivity contribution < 1.29 is 4.74 Å². The maximum absolute atomic E-state index is 6.05. The van der Waals surface area contributed by atoms with E-state index in [-0.39, 0.29) is 0 Å². The molecule has 1 aromatic heterocycles. The molecule has 27 heavy (non-hydrogen) atoms. The van der Waals surface area contributed by atoms with Gasteiger partial charge in [0.1, 0.15) is 0 Å². The molecule has 6 heteroatoms. The van der Waals surface area contributed by atoms with E-state index in [9.17, 15) is 0 Å². The van der Waals surface area contributed by atoms with Crippen LogP contribution >= 0.6 is 0 Å². The lowest BCUT2D eigenvalue weighted by molar-refractivity contribution is -0.171. The van der Waals surface area contributed by atoms with Gasteiger partial charge in [-0.3, -0.25) is 9.67 Å². The monoisotopic (exact) mass is 371 g/mol. The molecule has 4 atom stereocenters. The van der Waals surface area contributed by atoms with Crippen molar-refractivity contribution in [1.82, 2.24) is 20.4 Å². The minimum Gasteiger partial charge on any atom is -0.377 e. The number of nitrogens with one attached hydrogen (secondary N) is 2. The van der Waals surface area contributed by atoms with Crippen molar-refractivity contribution >= 4 is 5.96 Å². The Hall–Kier alpha value is -1.56. The summed E-state index contributed by atoms with van der Waals surface area (Å²) < 4.78 is 8.16. The first-order valence-corrected chi connectivity index (χ1v) is 10.8. The van der Waals surface area contributed by atoms with Crippen molar-refractivity contribution in [2.24, 2.45) is 16.3 Å². The molecule has 0 radical (unpaired) electrons. The average molecular weight is 372 g/mol. The summed E-state index contributed by atoms with van der Waals surface area (Å²) in [6.07, 6.45) is 11.1. The lowest BCUT2D eigenvalue weighted by Gasteiger charge is -2.63. The van der Waals surface area contributed by atoms with Crippen LogP contribution in [0.15, 0.2) is 11.2 Å². The number of guanidine groups is 1. The highest BCUT2D eigenvalue weighted by Gasteiger charge is 2.66. The molecular weight excluding hydrogens is 338 g/mol. The number of hydrogen-bond acceptors (Lipinski definition) is 3. The Morgan fingerprint density at radius 3 is 2.89 bits per heavy atom. The second kappa shape index (κ2) is 6.50. The number of rotatable bonds is 3. The highest BCUT2D eigenvalue weighted by molar-refractivity contribution is 5.80. The first-order valence-electron chi connectivity index (χ1n) is 10.8. The summed E-state index contributed by atoms with van der Waals surface area (Å²) in [4.78, 5) is 4.56. The fourth-order valence-corrected chi connectivity index (χ4v) is 5.87. The molecular formula is C21H33N5O. The summed E-state index contributed by atoms with van der Waals surface area (Å²) in [5, 5.41) is 12.3. The first kappa shape index (κ1) is 17.5. The zero-order valence-corrected chi connectivity index (χ0v) is 16.9. The van der Waals surface area contributed by atoms with E-state index in [0.29, 0.717) is 35.6 Å². The van der Waals surface area contributed by atoms with Crippen molar-refractivity contribution in [2.45, 2.75) is 83.0 Å². The second-order valence-corrected chi connectivity index (χ2v) is 9.28. The molecule has 1 spiro atoms. The van der Waals surface area contributed by atoms with E-state index < -0.39 is 0 Å². The summed E-state index contributed by atoms with van der Waals surface area (Å²) in [5.74, 6) is 1.64. The third kappa shape index (κ3) is 2.71. The van der Waals surface area contributed by atoms with Crippen LogP contribution in [0.4, 0.5) is 0 Å². The Balaban J connectivity index is 1.24. The van der Waals surface area contributed by atoms with Crippen molar-refractivity contribution in [3.63, 3.8) is 0 Å². The van der Waals surface area contributed by atoms with Gasteiger partial charge in [0.05, 0.1) is 11.8 Å². The van der Waals surface area contributed by atoms with Crippen LogP contribution in [0.5, 0.6) is 0 Å². The van der Waals surface area contributed by atoms with Gasteiger partial charge in [-0.1, -0.05) is 6.42 Å². The van der Waals surface area contributed by atoms with Crippen LogP contribution in [0.1, 0.15) is 63.3 Å². The molecule has 2 heterocycles. The third-order valence-electron chi connectivity index (χ3n) is 7.52. The van der Waals surface area contributed by atoms with Gasteiger partial charge in [-0.15, -0.1) is 0 Å². The van der Waals surface area contributed by atoms with Gasteiger partial charge < -0.3 is 15.4 Å². The minimum atomic E-state index is 0.383. The largest absolute Gasteiger partial charge is 0.377 e. The van der Waals surface area contributed by atoms with Crippen LogP contribution in [0.2, 0.25) is 0 Å². The summed E-state index contributed by atoms with van der Waals surface area (Å²) >= 11 is 0. The maximum Gasteiger partial charge on any atom is 0.191 e.